The number of hydrogen-bond acceptors (Lipinski definition) is 2. The van der Waals surface area contributed by atoms with Crippen molar-refractivity contribution < 1.29 is 0 Å². The molecule has 0 fully saturated rings. The zero-order valence-electron chi connectivity index (χ0n) is 12.6. The minimum Gasteiger partial charge on any atom is -0.307 e. The van der Waals surface area contributed by atoms with Crippen LogP contribution in [0.1, 0.15) is 16.8 Å². The molecule has 114 valence electrons. The quantitative estimate of drug-likeness (QED) is 0.696. The number of aromatic nitrogens is 2. The number of imidazole rings is 1. The van der Waals surface area contributed by atoms with Crippen LogP contribution in [-0.2, 0) is 13.1 Å². The molecule has 0 amide bonds. The molecule has 5 heteroatoms. The number of fused-ring (bicyclic) bond motifs is 1. The molecule has 0 bridgehead atoms. The smallest absolute Gasteiger partial charge is 0.139 e. The second kappa shape index (κ2) is 6.29. The molecule has 3 rings (SSSR count). The van der Waals surface area contributed by atoms with Crippen LogP contribution in [0.4, 0.5) is 0 Å². The fraction of sp³-hybridized carbons (Fsp3) is 0.235. The van der Waals surface area contributed by atoms with Crippen LogP contribution in [0.2, 0.25) is 10.0 Å². The van der Waals surface area contributed by atoms with Gasteiger partial charge < -0.3 is 4.40 Å². The van der Waals surface area contributed by atoms with Crippen molar-refractivity contribution in [3.63, 3.8) is 0 Å². The molecule has 0 spiro atoms. The molecular formula is C17H17Cl2N3. The van der Waals surface area contributed by atoms with Gasteiger partial charge in [-0.2, -0.15) is 0 Å². The molecular weight excluding hydrogens is 317 g/mol. The third-order valence-electron chi connectivity index (χ3n) is 3.60. The highest BCUT2D eigenvalue weighted by Crippen LogP contribution is 2.23. The first kappa shape index (κ1) is 15.3. The summed E-state index contributed by atoms with van der Waals surface area (Å²) in [5, 5.41) is 1.18. The van der Waals surface area contributed by atoms with Crippen LogP contribution in [-0.4, -0.2) is 21.3 Å². The monoisotopic (exact) mass is 333 g/mol. The normalized spacial score (nSPS) is 11.5. The van der Waals surface area contributed by atoms with Gasteiger partial charge in [0.2, 0.25) is 0 Å². The Labute approximate surface area is 140 Å². The van der Waals surface area contributed by atoms with Gasteiger partial charge in [-0.05, 0) is 43.3 Å². The Morgan fingerprint density at radius 3 is 2.68 bits per heavy atom. The number of hydrogen-bond donors (Lipinski definition) is 0. The number of halogens is 2. The first-order chi connectivity index (χ1) is 10.5. The van der Waals surface area contributed by atoms with E-state index >= 15 is 0 Å². The fourth-order valence-corrected chi connectivity index (χ4v) is 2.88. The molecule has 0 aliphatic heterocycles. The maximum Gasteiger partial charge on any atom is 0.139 e. The minimum absolute atomic E-state index is 0.587. The van der Waals surface area contributed by atoms with Crippen molar-refractivity contribution in [1.29, 1.82) is 0 Å². The summed E-state index contributed by atoms with van der Waals surface area (Å²) in [5.41, 5.74) is 4.38. The highest BCUT2D eigenvalue weighted by molar-refractivity contribution is 6.42. The number of nitrogens with zero attached hydrogens (tertiary/aromatic N) is 3. The molecule has 2 heterocycles. The second-order valence-corrected chi connectivity index (χ2v) is 6.39. The zero-order chi connectivity index (χ0) is 15.7. The van der Waals surface area contributed by atoms with Gasteiger partial charge >= 0.3 is 0 Å². The van der Waals surface area contributed by atoms with Crippen molar-refractivity contribution in [2.45, 2.75) is 20.0 Å². The van der Waals surface area contributed by atoms with E-state index in [2.05, 4.69) is 35.5 Å². The Kier molecular flexibility index (Phi) is 4.39. The first-order valence-corrected chi connectivity index (χ1v) is 7.84. The zero-order valence-corrected chi connectivity index (χ0v) is 14.1. The third kappa shape index (κ3) is 3.27. The lowest BCUT2D eigenvalue weighted by Crippen LogP contribution is -2.17. The maximum atomic E-state index is 6.06. The summed E-state index contributed by atoms with van der Waals surface area (Å²) in [6, 6.07) is 9.85. The fourth-order valence-electron chi connectivity index (χ4n) is 2.56. The van der Waals surface area contributed by atoms with Crippen molar-refractivity contribution in [3.8, 4) is 0 Å². The van der Waals surface area contributed by atoms with E-state index in [0.29, 0.717) is 10.0 Å². The van der Waals surface area contributed by atoms with Gasteiger partial charge in [0, 0.05) is 25.5 Å². The molecule has 3 aromatic rings. The van der Waals surface area contributed by atoms with Crippen molar-refractivity contribution >= 4 is 28.8 Å². The molecule has 2 aromatic heterocycles. The largest absolute Gasteiger partial charge is 0.307 e. The molecule has 0 saturated carbocycles. The molecule has 0 aliphatic rings. The lowest BCUT2D eigenvalue weighted by molar-refractivity contribution is 0.316. The predicted octanol–water partition coefficient (Wildman–Crippen LogP) is 4.58. The van der Waals surface area contributed by atoms with Crippen LogP contribution < -0.4 is 0 Å². The SMILES string of the molecule is Cc1cccn2cc(CN(C)Cc3ccc(Cl)c(Cl)c3)nc12. The number of rotatable bonds is 4. The number of benzene rings is 1. The van der Waals surface area contributed by atoms with Crippen LogP contribution in [0.3, 0.4) is 0 Å². The van der Waals surface area contributed by atoms with Crippen molar-refractivity contribution in [3.05, 3.63) is 69.6 Å². The molecule has 0 radical (unpaired) electrons. The summed E-state index contributed by atoms with van der Waals surface area (Å²) in [6.45, 7) is 3.65. The third-order valence-corrected chi connectivity index (χ3v) is 4.34. The number of pyridine rings is 1. The van der Waals surface area contributed by atoms with Gasteiger partial charge in [-0.1, -0.05) is 35.3 Å². The Morgan fingerprint density at radius 1 is 1.14 bits per heavy atom. The first-order valence-electron chi connectivity index (χ1n) is 7.08. The summed E-state index contributed by atoms with van der Waals surface area (Å²) < 4.78 is 2.07. The minimum atomic E-state index is 0.587. The summed E-state index contributed by atoms with van der Waals surface area (Å²) >= 11 is 12.0. The van der Waals surface area contributed by atoms with E-state index in [-0.39, 0.29) is 0 Å². The van der Waals surface area contributed by atoms with E-state index in [0.717, 1.165) is 30.0 Å². The van der Waals surface area contributed by atoms with Crippen LogP contribution in [0.5, 0.6) is 0 Å². The van der Waals surface area contributed by atoms with Crippen LogP contribution in [0.15, 0.2) is 42.7 Å². The lowest BCUT2D eigenvalue weighted by atomic mass is 10.2. The molecule has 0 unspecified atom stereocenters. The Balaban J connectivity index is 1.73. The molecule has 0 aliphatic carbocycles. The average molecular weight is 334 g/mol. The van der Waals surface area contributed by atoms with Crippen LogP contribution in [0.25, 0.3) is 5.65 Å². The topological polar surface area (TPSA) is 20.5 Å². The Bertz CT molecular complexity index is 811. The highest BCUT2D eigenvalue weighted by atomic mass is 35.5. The van der Waals surface area contributed by atoms with Gasteiger partial charge in [-0.15, -0.1) is 0 Å². The number of aryl methyl sites for hydroxylation is 1. The van der Waals surface area contributed by atoms with Gasteiger partial charge in [0.25, 0.3) is 0 Å². The maximum absolute atomic E-state index is 6.06. The highest BCUT2D eigenvalue weighted by Gasteiger charge is 2.08. The average Bonchev–Trinajstić information content (AvgIpc) is 2.87. The Hall–Kier alpha value is -1.55. The van der Waals surface area contributed by atoms with E-state index in [4.69, 9.17) is 28.2 Å². The van der Waals surface area contributed by atoms with Gasteiger partial charge in [-0.25, -0.2) is 4.98 Å². The van der Waals surface area contributed by atoms with Gasteiger partial charge in [0.15, 0.2) is 0 Å². The molecule has 0 saturated heterocycles. The second-order valence-electron chi connectivity index (χ2n) is 5.58. The van der Waals surface area contributed by atoms with Crippen LogP contribution in [0, 0.1) is 6.92 Å². The summed E-state index contributed by atoms with van der Waals surface area (Å²) in [5.74, 6) is 0. The van der Waals surface area contributed by atoms with E-state index in [9.17, 15) is 0 Å². The van der Waals surface area contributed by atoms with Gasteiger partial charge in [-0.3, -0.25) is 4.90 Å². The van der Waals surface area contributed by atoms with E-state index in [1.807, 2.05) is 30.5 Å². The molecule has 3 nitrogen and oxygen atoms in total. The molecule has 22 heavy (non-hydrogen) atoms. The van der Waals surface area contributed by atoms with Gasteiger partial charge in [0.1, 0.15) is 5.65 Å². The van der Waals surface area contributed by atoms with Gasteiger partial charge in [0.05, 0.1) is 15.7 Å². The summed E-state index contributed by atoms with van der Waals surface area (Å²) in [6.07, 6.45) is 4.10. The standard InChI is InChI=1S/C17H17Cl2N3/c1-12-4-3-7-22-11-14(20-17(12)22)10-21(2)9-13-5-6-15(18)16(19)8-13/h3-8,11H,9-10H2,1-2H3. The van der Waals surface area contributed by atoms with Crippen molar-refractivity contribution in [1.82, 2.24) is 14.3 Å². The molecule has 1 aromatic carbocycles. The van der Waals surface area contributed by atoms with Crippen molar-refractivity contribution in [2.75, 3.05) is 7.05 Å². The Morgan fingerprint density at radius 2 is 1.95 bits per heavy atom. The summed E-state index contributed by atoms with van der Waals surface area (Å²) in [7, 11) is 2.07. The molecule has 0 N–H and O–H groups in total. The lowest BCUT2D eigenvalue weighted by Gasteiger charge is -2.15. The molecule has 0 atom stereocenters. The van der Waals surface area contributed by atoms with Crippen molar-refractivity contribution in [2.24, 2.45) is 0 Å². The van der Waals surface area contributed by atoms with E-state index < -0.39 is 0 Å². The van der Waals surface area contributed by atoms with E-state index in [1.165, 1.54) is 5.56 Å². The van der Waals surface area contributed by atoms with E-state index in [1.54, 1.807) is 0 Å². The summed E-state index contributed by atoms with van der Waals surface area (Å²) in [4.78, 5) is 6.90. The van der Waals surface area contributed by atoms with Crippen LogP contribution >= 0.6 is 23.2 Å². The predicted molar refractivity (Wildman–Crippen MR) is 91.6 cm³/mol.